The standard InChI is InChI=1S/C21H18O2S/c1-15-3-5-16(6-4-15)7-12-19(22)21-14-13-20(24-21)17-8-10-18(23-2)11-9-17/h3-14H,1-2H3/b12-7+. The SMILES string of the molecule is COc1ccc(-c2ccc(C(=O)/C=C/c3ccc(C)cc3)s2)cc1. The van der Waals surface area contributed by atoms with Gasteiger partial charge in [-0.2, -0.15) is 0 Å². The van der Waals surface area contributed by atoms with Crippen LogP contribution in [-0.2, 0) is 0 Å². The Morgan fingerprint density at radius 2 is 1.67 bits per heavy atom. The summed E-state index contributed by atoms with van der Waals surface area (Å²) >= 11 is 1.50. The maximum Gasteiger partial charge on any atom is 0.195 e. The fraction of sp³-hybridized carbons (Fsp3) is 0.0952. The van der Waals surface area contributed by atoms with Crippen LogP contribution in [0, 0.1) is 6.92 Å². The van der Waals surface area contributed by atoms with Crippen molar-refractivity contribution in [3.8, 4) is 16.2 Å². The third-order valence-corrected chi connectivity index (χ3v) is 4.88. The van der Waals surface area contributed by atoms with Gasteiger partial charge in [-0.3, -0.25) is 4.79 Å². The van der Waals surface area contributed by atoms with Crippen molar-refractivity contribution >= 4 is 23.2 Å². The van der Waals surface area contributed by atoms with Crippen LogP contribution in [0.1, 0.15) is 20.8 Å². The van der Waals surface area contributed by atoms with Crippen molar-refractivity contribution in [2.45, 2.75) is 6.92 Å². The molecule has 2 nitrogen and oxygen atoms in total. The Hall–Kier alpha value is -2.65. The normalized spacial score (nSPS) is 10.9. The molecule has 1 heterocycles. The van der Waals surface area contributed by atoms with Gasteiger partial charge in [0.15, 0.2) is 5.78 Å². The molecule has 3 rings (SSSR count). The molecule has 0 radical (unpaired) electrons. The summed E-state index contributed by atoms with van der Waals surface area (Å²) in [6.45, 7) is 2.05. The summed E-state index contributed by atoms with van der Waals surface area (Å²) in [5.41, 5.74) is 3.32. The highest BCUT2D eigenvalue weighted by molar-refractivity contribution is 7.17. The molecule has 0 aliphatic rings. The van der Waals surface area contributed by atoms with Gasteiger partial charge in [0.1, 0.15) is 5.75 Å². The van der Waals surface area contributed by atoms with Crippen LogP contribution in [0.15, 0.2) is 66.7 Å². The molecule has 0 aliphatic heterocycles. The van der Waals surface area contributed by atoms with E-state index in [1.807, 2.05) is 73.7 Å². The Balaban J connectivity index is 1.74. The van der Waals surface area contributed by atoms with Crippen LogP contribution in [0.2, 0.25) is 0 Å². The number of hydrogen-bond donors (Lipinski definition) is 0. The van der Waals surface area contributed by atoms with E-state index in [1.54, 1.807) is 13.2 Å². The third kappa shape index (κ3) is 3.81. The van der Waals surface area contributed by atoms with Gasteiger partial charge in [0.05, 0.1) is 12.0 Å². The number of allylic oxidation sites excluding steroid dienone is 1. The number of rotatable bonds is 5. The Labute approximate surface area is 146 Å². The molecule has 2 aromatic carbocycles. The molecular formula is C21H18O2S. The maximum absolute atomic E-state index is 12.3. The molecule has 0 aliphatic carbocycles. The molecular weight excluding hydrogens is 316 g/mol. The van der Waals surface area contributed by atoms with Crippen LogP contribution in [0.25, 0.3) is 16.5 Å². The van der Waals surface area contributed by atoms with Crippen LogP contribution in [0.5, 0.6) is 5.75 Å². The van der Waals surface area contributed by atoms with Crippen molar-refractivity contribution in [2.24, 2.45) is 0 Å². The topological polar surface area (TPSA) is 26.3 Å². The highest BCUT2D eigenvalue weighted by Gasteiger charge is 2.08. The number of ketones is 1. The van der Waals surface area contributed by atoms with Gasteiger partial charge in [0, 0.05) is 4.88 Å². The van der Waals surface area contributed by atoms with Gasteiger partial charge >= 0.3 is 0 Å². The van der Waals surface area contributed by atoms with Crippen molar-refractivity contribution in [3.05, 3.63) is 82.7 Å². The lowest BCUT2D eigenvalue weighted by molar-refractivity contribution is 0.105. The van der Waals surface area contributed by atoms with Gasteiger partial charge in [0.2, 0.25) is 0 Å². The number of aryl methyl sites for hydroxylation is 1. The minimum Gasteiger partial charge on any atom is -0.497 e. The molecule has 1 aromatic heterocycles. The van der Waals surface area contributed by atoms with E-state index in [9.17, 15) is 4.79 Å². The van der Waals surface area contributed by atoms with Crippen LogP contribution in [0.3, 0.4) is 0 Å². The molecule has 0 atom stereocenters. The number of thiophene rings is 1. The van der Waals surface area contributed by atoms with E-state index in [1.165, 1.54) is 16.9 Å². The summed E-state index contributed by atoms with van der Waals surface area (Å²) in [6, 6.07) is 19.8. The highest BCUT2D eigenvalue weighted by Crippen LogP contribution is 2.29. The molecule has 0 saturated heterocycles. The second-order valence-corrected chi connectivity index (χ2v) is 6.58. The quantitative estimate of drug-likeness (QED) is 0.446. The molecule has 0 saturated carbocycles. The number of carbonyl (C=O) groups is 1. The van der Waals surface area contributed by atoms with Gasteiger partial charge < -0.3 is 4.74 Å². The Bertz CT molecular complexity index is 856. The zero-order valence-corrected chi connectivity index (χ0v) is 14.5. The van der Waals surface area contributed by atoms with Gasteiger partial charge in [-0.05, 0) is 60.5 Å². The van der Waals surface area contributed by atoms with Crippen molar-refractivity contribution in [1.29, 1.82) is 0 Å². The first-order valence-corrected chi connectivity index (χ1v) is 8.51. The summed E-state index contributed by atoms with van der Waals surface area (Å²) in [7, 11) is 1.65. The number of methoxy groups -OCH3 is 1. The summed E-state index contributed by atoms with van der Waals surface area (Å²) in [4.78, 5) is 14.1. The Morgan fingerprint density at radius 3 is 2.33 bits per heavy atom. The molecule has 0 N–H and O–H groups in total. The van der Waals surface area contributed by atoms with E-state index >= 15 is 0 Å². The third-order valence-electron chi connectivity index (χ3n) is 3.73. The molecule has 120 valence electrons. The van der Waals surface area contributed by atoms with Crippen molar-refractivity contribution in [3.63, 3.8) is 0 Å². The highest BCUT2D eigenvalue weighted by atomic mass is 32.1. The zero-order valence-electron chi connectivity index (χ0n) is 13.7. The summed E-state index contributed by atoms with van der Waals surface area (Å²) in [5.74, 6) is 0.855. The van der Waals surface area contributed by atoms with Crippen LogP contribution in [0.4, 0.5) is 0 Å². The van der Waals surface area contributed by atoms with Crippen LogP contribution in [-0.4, -0.2) is 12.9 Å². The average Bonchev–Trinajstić information content (AvgIpc) is 3.11. The molecule has 0 fully saturated rings. The molecule has 0 unspecified atom stereocenters. The van der Waals surface area contributed by atoms with E-state index < -0.39 is 0 Å². The number of hydrogen-bond acceptors (Lipinski definition) is 3. The van der Waals surface area contributed by atoms with E-state index in [-0.39, 0.29) is 5.78 Å². The van der Waals surface area contributed by atoms with Gasteiger partial charge in [0.25, 0.3) is 0 Å². The smallest absolute Gasteiger partial charge is 0.195 e. The molecule has 0 spiro atoms. The fourth-order valence-corrected chi connectivity index (χ4v) is 3.24. The van der Waals surface area contributed by atoms with Gasteiger partial charge in [-0.25, -0.2) is 0 Å². The summed E-state index contributed by atoms with van der Waals surface area (Å²) in [6.07, 6.45) is 3.49. The molecule has 0 bridgehead atoms. The van der Waals surface area contributed by atoms with Crippen LogP contribution >= 0.6 is 11.3 Å². The van der Waals surface area contributed by atoms with Crippen LogP contribution < -0.4 is 4.74 Å². The molecule has 0 amide bonds. The predicted octanol–water partition coefficient (Wildman–Crippen LogP) is 5.63. The number of carbonyl (C=O) groups excluding carboxylic acids is 1. The monoisotopic (exact) mass is 334 g/mol. The van der Waals surface area contributed by atoms with Crippen molar-refractivity contribution in [1.82, 2.24) is 0 Å². The zero-order chi connectivity index (χ0) is 16.9. The fourth-order valence-electron chi connectivity index (χ4n) is 2.31. The first kappa shape index (κ1) is 16.2. The number of ether oxygens (including phenoxy) is 1. The largest absolute Gasteiger partial charge is 0.497 e. The predicted molar refractivity (Wildman–Crippen MR) is 101 cm³/mol. The first-order valence-electron chi connectivity index (χ1n) is 7.69. The summed E-state index contributed by atoms with van der Waals surface area (Å²) in [5, 5.41) is 0. The van der Waals surface area contributed by atoms with Gasteiger partial charge in [-0.15, -0.1) is 11.3 Å². The van der Waals surface area contributed by atoms with Crippen molar-refractivity contribution < 1.29 is 9.53 Å². The Kier molecular flexibility index (Phi) is 4.92. The van der Waals surface area contributed by atoms with E-state index in [0.29, 0.717) is 0 Å². The molecule has 3 heteroatoms. The van der Waals surface area contributed by atoms with Crippen molar-refractivity contribution in [2.75, 3.05) is 7.11 Å². The van der Waals surface area contributed by atoms with E-state index in [2.05, 4.69) is 0 Å². The van der Waals surface area contributed by atoms with E-state index in [4.69, 9.17) is 4.74 Å². The lowest BCUT2D eigenvalue weighted by atomic mass is 10.1. The second kappa shape index (κ2) is 7.28. The van der Waals surface area contributed by atoms with Gasteiger partial charge in [-0.1, -0.05) is 35.9 Å². The number of benzene rings is 2. The molecule has 24 heavy (non-hydrogen) atoms. The lowest BCUT2D eigenvalue weighted by Gasteiger charge is -2.00. The first-order chi connectivity index (χ1) is 11.7. The minimum absolute atomic E-state index is 0.0281. The van der Waals surface area contributed by atoms with E-state index in [0.717, 1.165) is 26.6 Å². The minimum atomic E-state index is 0.0281. The Morgan fingerprint density at radius 1 is 0.958 bits per heavy atom. The lowest BCUT2D eigenvalue weighted by Crippen LogP contribution is -1.88. The maximum atomic E-state index is 12.3. The molecule has 3 aromatic rings. The summed E-state index contributed by atoms with van der Waals surface area (Å²) < 4.78 is 5.17. The second-order valence-electron chi connectivity index (χ2n) is 5.50. The average molecular weight is 334 g/mol.